The maximum Gasteiger partial charge on any atom is 0.221 e. The fourth-order valence-corrected chi connectivity index (χ4v) is 3.77. The summed E-state index contributed by atoms with van der Waals surface area (Å²) < 4.78 is 1.99. The van der Waals surface area contributed by atoms with Crippen LogP contribution in [0.25, 0.3) is 11.3 Å². The zero-order valence-electron chi connectivity index (χ0n) is 14.0. The Morgan fingerprint density at radius 1 is 1.15 bits per heavy atom. The molecule has 0 radical (unpaired) electrons. The lowest BCUT2D eigenvalue weighted by molar-refractivity contribution is -0.114. The number of anilines is 1. The first-order chi connectivity index (χ1) is 11.9. The number of rotatable bonds is 3. The third-order valence-electron chi connectivity index (χ3n) is 3.54. The van der Waals surface area contributed by atoms with Gasteiger partial charge in [0.05, 0.1) is 16.4 Å². The molecule has 0 atom stereocenters. The Labute approximate surface area is 171 Å². The van der Waals surface area contributed by atoms with E-state index in [1.807, 2.05) is 53.4 Å². The highest BCUT2D eigenvalue weighted by Crippen LogP contribution is 2.30. The molecule has 1 amide bonds. The summed E-state index contributed by atoms with van der Waals surface area (Å²) in [4.78, 5) is 16.6. The summed E-state index contributed by atoms with van der Waals surface area (Å²) in [5.74, 6) is -0.0983. The lowest BCUT2D eigenvalue weighted by Crippen LogP contribution is -2.11. The van der Waals surface area contributed by atoms with E-state index in [0.717, 1.165) is 27.4 Å². The van der Waals surface area contributed by atoms with Crippen LogP contribution in [0, 0.1) is 0 Å². The number of benzene rings is 2. The smallest absolute Gasteiger partial charge is 0.221 e. The Hall–Kier alpha value is -1.79. The van der Waals surface area contributed by atoms with Crippen LogP contribution in [0.5, 0.6) is 0 Å². The second-order valence-electron chi connectivity index (χ2n) is 5.43. The minimum Gasteiger partial charge on any atom is -0.326 e. The zero-order valence-corrected chi connectivity index (χ0v) is 17.1. The lowest BCUT2D eigenvalue weighted by atomic mass is 10.2. The number of halogens is 3. The van der Waals surface area contributed by atoms with E-state index < -0.39 is 0 Å². The Balaban J connectivity index is 0.00000243. The average Bonchev–Trinajstić information content (AvgIpc) is 2.90. The third kappa shape index (κ3) is 4.68. The van der Waals surface area contributed by atoms with E-state index in [1.165, 1.54) is 18.3 Å². The highest BCUT2D eigenvalue weighted by Gasteiger charge is 2.09. The van der Waals surface area contributed by atoms with Crippen LogP contribution in [0.3, 0.4) is 0 Å². The van der Waals surface area contributed by atoms with Crippen molar-refractivity contribution in [3.63, 3.8) is 0 Å². The monoisotopic (exact) mass is 427 g/mol. The Kier molecular flexibility index (Phi) is 6.89. The molecule has 0 aliphatic carbocycles. The number of amides is 1. The summed E-state index contributed by atoms with van der Waals surface area (Å²) in [6, 6.07) is 12.8. The van der Waals surface area contributed by atoms with Crippen molar-refractivity contribution in [2.75, 3.05) is 5.32 Å². The zero-order chi connectivity index (χ0) is 18.0. The molecule has 0 unspecified atom stereocenters. The van der Waals surface area contributed by atoms with Gasteiger partial charge >= 0.3 is 0 Å². The number of hydrogen-bond acceptors (Lipinski definition) is 3. The summed E-state index contributed by atoms with van der Waals surface area (Å²) in [5, 5.41) is 5.96. The molecule has 3 rings (SSSR count). The van der Waals surface area contributed by atoms with Crippen molar-refractivity contribution in [3.8, 4) is 11.3 Å². The highest BCUT2D eigenvalue weighted by molar-refractivity contribution is 7.07. The molecule has 1 heterocycles. The highest BCUT2D eigenvalue weighted by atomic mass is 35.5. The van der Waals surface area contributed by atoms with Crippen LogP contribution in [0.2, 0.25) is 10.0 Å². The molecule has 4 nitrogen and oxygen atoms in total. The van der Waals surface area contributed by atoms with Crippen LogP contribution in [0.15, 0.2) is 52.8 Å². The number of hydrogen-bond donors (Lipinski definition) is 1. The Morgan fingerprint density at radius 3 is 2.46 bits per heavy atom. The van der Waals surface area contributed by atoms with E-state index in [9.17, 15) is 4.79 Å². The first-order valence-electron chi connectivity index (χ1n) is 7.46. The SMILES string of the molecule is CC(=O)Nc1ccc(N=c2scc(-c3ccc(Cl)cc3Cl)n2C)cc1.Cl. The predicted octanol–water partition coefficient (Wildman–Crippen LogP) is 5.67. The van der Waals surface area contributed by atoms with E-state index in [0.29, 0.717) is 10.0 Å². The summed E-state index contributed by atoms with van der Waals surface area (Å²) in [7, 11) is 1.95. The Morgan fingerprint density at radius 2 is 1.85 bits per heavy atom. The van der Waals surface area contributed by atoms with Crippen LogP contribution in [-0.4, -0.2) is 10.5 Å². The van der Waals surface area contributed by atoms with Crippen molar-refractivity contribution < 1.29 is 4.79 Å². The van der Waals surface area contributed by atoms with Gasteiger partial charge in [-0.05, 0) is 42.5 Å². The molecule has 0 saturated heterocycles. The van der Waals surface area contributed by atoms with Gasteiger partial charge in [-0.25, -0.2) is 4.99 Å². The fourth-order valence-electron chi connectivity index (χ4n) is 2.35. The predicted molar refractivity (Wildman–Crippen MR) is 112 cm³/mol. The van der Waals surface area contributed by atoms with Crippen molar-refractivity contribution in [2.24, 2.45) is 12.0 Å². The molecule has 136 valence electrons. The first-order valence-corrected chi connectivity index (χ1v) is 9.10. The molecule has 8 heteroatoms. The van der Waals surface area contributed by atoms with E-state index in [2.05, 4.69) is 10.3 Å². The van der Waals surface area contributed by atoms with Gasteiger partial charge in [-0.2, -0.15) is 0 Å². The number of carbonyl (C=O) groups excluding carboxylic acids is 1. The number of carbonyl (C=O) groups is 1. The van der Waals surface area contributed by atoms with Gasteiger partial charge in [-0.3, -0.25) is 4.79 Å². The van der Waals surface area contributed by atoms with Crippen LogP contribution in [-0.2, 0) is 11.8 Å². The molecule has 0 aliphatic heterocycles. The largest absolute Gasteiger partial charge is 0.326 e. The molecule has 3 aromatic rings. The average molecular weight is 429 g/mol. The minimum absolute atomic E-state index is 0. The van der Waals surface area contributed by atoms with Crippen molar-refractivity contribution in [2.45, 2.75) is 6.92 Å². The maximum atomic E-state index is 11.1. The quantitative estimate of drug-likeness (QED) is 0.573. The van der Waals surface area contributed by atoms with E-state index in [1.54, 1.807) is 6.07 Å². The van der Waals surface area contributed by atoms with Gasteiger partial charge in [0, 0.05) is 35.6 Å². The number of aromatic nitrogens is 1. The van der Waals surface area contributed by atoms with Gasteiger partial charge in [0.2, 0.25) is 5.91 Å². The first kappa shape index (κ1) is 20.5. The molecule has 0 saturated carbocycles. The molecule has 1 aromatic heterocycles. The van der Waals surface area contributed by atoms with Crippen LogP contribution >= 0.6 is 46.9 Å². The van der Waals surface area contributed by atoms with Crippen LogP contribution in [0.4, 0.5) is 11.4 Å². The second kappa shape index (κ2) is 8.73. The summed E-state index contributed by atoms with van der Waals surface area (Å²) in [6.45, 7) is 1.48. The second-order valence-corrected chi connectivity index (χ2v) is 7.11. The number of thiazole rings is 1. The standard InChI is InChI=1S/C18H15Cl2N3OS.ClH/c1-11(24)21-13-4-6-14(7-5-13)22-18-23(2)17(10-25-18)15-8-3-12(19)9-16(15)20;/h3-10H,1-2H3,(H,21,24);1H. The van der Waals surface area contributed by atoms with Crippen molar-refractivity contribution in [1.82, 2.24) is 4.57 Å². The summed E-state index contributed by atoms with van der Waals surface area (Å²) in [6.07, 6.45) is 0. The van der Waals surface area contributed by atoms with Crippen LogP contribution < -0.4 is 10.1 Å². The fraction of sp³-hybridized carbons (Fsp3) is 0.111. The van der Waals surface area contributed by atoms with Crippen molar-refractivity contribution >= 4 is 64.2 Å². The summed E-state index contributed by atoms with van der Waals surface area (Å²) >= 11 is 13.8. The van der Waals surface area contributed by atoms with Gasteiger partial charge in [-0.1, -0.05) is 23.2 Å². The number of nitrogens with zero attached hydrogens (tertiary/aromatic N) is 2. The topological polar surface area (TPSA) is 46.4 Å². The number of nitrogens with one attached hydrogen (secondary N) is 1. The lowest BCUT2D eigenvalue weighted by Gasteiger charge is -2.06. The van der Waals surface area contributed by atoms with Gasteiger partial charge in [0.25, 0.3) is 0 Å². The summed E-state index contributed by atoms with van der Waals surface area (Å²) in [5.41, 5.74) is 3.43. The molecule has 0 aliphatic rings. The molecule has 1 N–H and O–H groups in total. The molecule has 0 spiro atoms. The maximum absolute atomic E-state index is 11.1. The van der Waals surface area contributed by atoms with Crippen LogP contribution in [0.1, 0.15) is 6.92 Å². The van der Waals surface area contributed by atoms with Gasteiger partial charge in [0.1, 0.15) is 0 Å². The van der Waals surface area contributed by atoms with E-state index in [-0.39, 0.29) is 18.3 Å². The minimum atomic E-state index is -0.0983. The Bertz CT molecular complexity index is 994. The molecule has 0 fully saturated rings. The van der Waals surface area contributed by atoms with E-state index >= 15 is 0 Å². The van der Waals surface area contributed by atoms with Gasteiger partial charge < -0.3 is 9.88 Å². The van der Waals surface area contributed by atoms with Gasteiger partial charge in [-0.15, -0.1) is 23.7 Å². The normalized spacial score (nSPS) is 11.2. The van der Waals surface area contributed by atoms with Gasteiger partial charge in [0.15, 0.2) is 4.80 Å². The van der Waals surface area contributed by atoms with Crippen molar-refractivity contribution in [3.05, 3.63) is 62.7 Å². The van der Waals surface area contributed by atoms with Crippen molar-refractivity contribution in [1.29, 1.82) is 0 Å². The molecule has 2 aromatic carbocycles. The molecule has 0 bridgehead atoms. The third-order valence-corrected chi connectivity index (χ3v) is 5.01. The molecular weight excluding hydrogens is 413 g/mol. The van der Waals surface area contributed by atoms with E-state index in [4.69, 9.17) is 23.2 Å². The molecular formula is C18H16Cl3N3OS. The molecule has 26 heavy (non-hydrogen) atoms.